The van der Waals surface area contributed by atoms with Crippen molar-refractivity contribution < 1.29 is 4.74 Å². The normalized spacial score (nSPS) is 10.3. The highest BCUT2D eigenvalue weighted by Gasteiger charge is 2.14. The summed E-state index contributed by atoms with van der Waals surface area (Å²) in [6.45, 7) is 2.54. The molecule has 0 radical (unpaired) electrons. The molecule has 0 saturated heterocycles. The Morgan fingerprint density at radius 1 is 0.733 bits per heavy atom. The van der Waals surface area contributed by atoms with Crippen LogP contribution in [0.1, 0.15) is 6.92 Å². The fourth-order valence-corrected chi connectivity index (χ4v) is 3.19. The van der Waals surface area contributed by atoms with Gasteiger partial charge in [-0.1, -0.05) is 84.9 Å². The zero-order chi connectivity index (χ0) is 20.6. The van der Waals surface area contributed by atoms with Gasteiger partial charge in [0, 0.05) is 22.7 Å². The fourth-order valence-electron chi connectivity index (χ4n) is 3.19. The number of para-hydroxylation sites is 1. The SMILES string of the molecule is CCOc1nc(-c2ccccc2)c(-c2ccccc2)[nH]1.c1ccc2ncccc2c1. The minimum Gasteiger partial charge on any atom is -0.465 e. The maximum Gasteiger partial charge on any atom is 0.294 e. The molecule has 0 saturated carbocycles. The van der Waals surface area contributed by atoms with Gasteiger partial charge < -0.3 is 9.72 Å². The predicted octanol–water partition coefficient (Wildman–Crippen LogP) is 6.38. The molecule has 4 nitrogen and oxygen atoms in total. The molecule has 2 heterocycles. The summed E-state index contributed by atoms with van der Waals surface area (Å²) in [6, 6.07) is 33.0. The average Bonchev–Trinajstić information content (AvgIpc) is 3.25. The van der Waals surface area contributed by atoms with Crippen LogP contribution in [0.25, 0.3) is 33.4 Å². The van der Waals surface area contributed by atoms with Gasteiger partial charge in [-0.2, -0.15) is 4.98 Å². The zero-order valence-corrected chi connectivity index (χ0v) is 16.8. The lowest BCUT2D eigenvalue weighted by molar-refractivity contribution is 0.316. The van der Waals surface area contributed by atoms with Crippen molar-refractivity contribution in [3.8, 4) is 28.5 Å². The van der Waals surface area contributed by atoms with Gasteiger partial charge >= 0.3 is 0 Å². The van der Waals surface area contributed by atoms with E-state index in [4.69, 9.17) is 4.74 Å². The number of aromatic amines is 1. The molecule has 0 aliphatic heterocycles. The van der Waals surface area contributed by atoms with Crippen LogP contribution in [-0.2, 0) is 0 Å². The maximum absolute atomic E-state index is 5.50. The van der Waals surface area contributed by atoms with Crippen LogP contribution in [0.3, 0.4) is 0 Å². The van der Waals surface area contributed by atoms with Crippen molar-refractivity contribution in [2.45, 2.75) is 6.92 Å². The van der Waals surface area contributed by atoms with Gasteiger partial charge in [0.05, 0.1) is 17.8 Å². The van der Waals surface area contributed by atoms with Crippen LogP contribution in [0.4, 0.5) is 0 Å². The molecule has 0 unspecified atom stereocenters. The van der Waals surface area contributed by atoms with E-state index < -0.39 is 0 Å². The highest BCUT2D eigenvalue weighted by Crippen LogP contribution is 2.31. The van der Waals surface area contributed by atoms with Crippen molar-refractivity contribution in [1.82, 2.24) is 15.0 Å². The largest absolute Gasteiger partial charge is 0.465 e. The van der Waals surface area contributed by atoms with Gasteiger partial charge in [-0.15, -0.1) is 0 Å². The molecule has 30 heavy (non-hydrogen) atoms. The van der Waals surface area contributed by atoms with Crippen molar-refractivity contribution in [1.29, 1.82) is 0 Å². The molecule has 0 aliphatic rings. The summed E-state index contributed by atoms with van der Waals surface area (Å²) in [5, 5.41) is 1.20. The van der Waals surface area contributed by atoms with Gasteiger partial charge in [0.2, 0.25) is 0 Å². The second-order valence-corrected chi connectivity index (χ2v) is 6.63. The number of H-pyrrole nitrogens is 1. The summed E-state index contributed by atoms with van der Waals surface area (Å²) in [7, 11) is 0. The molecule has 148 valence electrons. The minimum absolute atomic E-state index is 0.560. The van der Waals surface area contributed by atoms with Gasteiger partial charge in [0.25, 0.3) is 6.01 Å². The Morgan fingerprint density at radius 3 is 2.07 bits per heavy atom. The van der Waals surface area contributed by atoms with Gasteiger partial charge in [-0.25, -0.2) is 0 Å². The van der Waals surface area contributed by atoms with Gasteiger partial charge in [0.15, 0.2) is 0 Å². The quantitative estimate of drug-likeness (QED) is 0.385. The van der Waals surface area contributed by atoms with E-state index in [-0.39, 0.29) is 0 Å². The van der Waals surface area contributed by atoms with E-state index in [0.717, 1.165) is 28.0 Å². The third kappa shape index (κ3) is 4.55. The van der Waals surface area contributed by atoms with Gasteiger partial charge in [-0.05, 0) is 19.1 Å². The molecule has 0 aliphatic carbocycles. The number of hydrogen-bond donors (Lipinski definition) is 1. The topological polar surface area (TPSA) is 50.8 Å². The molecule has 5 rings (SSSR count). The summed E-state index contributed by atoms with van der Waals surface area (Å²) >= 11 is 0. The lowest BCUT2D eigenvalue weighted by atomic mass is 10.1. The molecule has 4 heteroatoms. The zero-order valence-electron chi connectivity index (χ0n) is 16.8. The molecular formula is C26H23N3O. The monoisotopic (exact) mass is 393 g/mol. The number of aromatic nitrogens is 3. The Balaban J connectivity index is 0.000000181. The number of imidazole rings is 1. The van der Waals surface area contributed by atoms with Crippen molar-refractivity contribution in [3.05, 3.63) is 103 Å². The standard InChI is InChI=1S/C17H16N2O.C9H7N/c1-2-20-17-18-15(13-9-5-3-6-10-13)16(19-17)14-11-7-4-8-12-14;1-2-6-9-8(4-1)5-3-7-10-9/h3-12H,2H2,1H3,(H,18,19);1-7H. The van der Waals surface area contributed by atoms with E-state index in [0.29, 0.717) is 12.6 Å². The van der Waals surface area contributed by atoms with Crippen LogP contribution in [0.2, 0.25) is 0 Å². The second-order valence-electron chi connectivity index (χ2n) is 6.63. The van der Waals surface area contributed by atoms with E-state index in [9.17, 15) is 0 Å². The molecule has 0 atom stereocenters. The van der Waals surface area contributed by atoms with E-state index in [1.54, 1.807) is 0 Å². The summed E-state index contributed by atoms with van der Waals surface area (Å²) in [5.41, 5.74) is 5.14. The Kier molecular flexibility index (Phi) is 6.16. The lowest BCUT2D eigenvalue weighted by Gasteiger charge is -2.02. The summed E-state index contributed by atoms with van der Waals surface area (Å²) in [5.74, 6) is 0. The first-order valence-corrected chi connectivity index (χ1v) is 9.98. The smallest absolute Gasteiger partial charge is 0.294 e. The second kappa shape index (κ2) is 9.52. The van der Waals surface area contributed by atoms with Crippen LogP contribution in [0, 0.1) is 0 Å². The average molecular weight is 393 g/mol. The first-order chi connectivity index (χ1) is 14.8. The van der Waals surface area contributed by atoms with Crippen molar-refractivity contribution in [3.63, 3.8) is 0 Å². The molecule has 0 fully saturated rings. The number of fused-ring (bicyclic) bond motifs is 1. The number of nitrogens with zero attached hydrogens (tertiary/aromatic N) is 2. The molecule has 0 bridgehead atoms. The first kappa shape index (κ1) is 19.4. The molecule has 5 aromatic rings. The number of nitrogens with one attached hydrogen (secondary N) is 1. The van der Waals surface area contributed by atoms with E-state index in [2.05, 4.69) is 51.4 Å². The van der Waals surface area contributed by atoms with Crippen LogP contribution in [0.15, 0.2) is 103 Å². The Morgan fingerprint density at radius 2 is 1.37 bits per heavy atom. The van der Waals surface area contributed by atoms with Crippen molar-refractivity contribution in [2.75, 3.05) is 6.61 Å². The van der Waals surface area contributed by atoms with Crippen LogP contribution in [-0.4, -0.2) is 21.6 Å². The highest BCUT2D eigenvalue weighted by molar-refractivity contribution is 5.79. The summed E-state index contributed by atoms with van der Waals surface area (Å²) in [6.07, 6.45) is 1.81. The fraction of sp³-hybridized carbons (Fsp3) is 0.0769. The lowest BCUT2D eigenvalue weighted by Crippen LogP contribution is -1.92. The van der Waals surface area contributed by atoms with Crippen LogP contribution in [0.5, 0.6) is 6.01 Å². The first-order valence-electron chi connectivity index (χ1n) is 9.98. The summed E-state index contributed by atoms with van der Waals surface area (Å²) < 4.78 is 5.50. The van der Waals surface area contributed by atoms with Crippen molar-refractivity contribution >= 4 is 10.9 Å². The third-order valence-corrected chi connectivity index (χ3v) is 4.59. The molecule has 0 spiro atoms. The van der Waals surface area contributed by atoms with Gasteiger partial charge in [0.1, 0.15) is 5.69 Å². The molecule has 0 amide bonds. The molecule has 3 aromatic carbocycles. The Hall–Kier alpha value is -3.92. The number of ether oxygens (including phenoxy) is 1. The number of hydrogen-bond acceptors (Lipinski definition) is 3. The van der Waals surface area contributed by atoms with Gasteiger partial charge in [-0.3, -0.25) is 4.98 Å². The maximum atomic E-state index is 5.50. The molecule has 1 N–H and O–H groups in total. The number of benzene rings is 3. The van der Waals surface area contributed by atoms with E-state index in [1.165, 1.54) is 5.39 Å². The highest BCUT2D eigenvalue weighted by atomic mass is 16.5. The molecular weight excluding hydrogens is 370 g/mol. The van der Waals surface area contributed by atoms with E-state index in [1.807, 2.05) is 73.8 Å². The Bertz CT molecular complexity index is 1080. The minimum atomic E-state index is 0.560. The predicted molar refractivity (Wildman–Crippen MR) is 122 cm³/mol. The number of pyridine rings is 1. The van der Waals surface area contributed by atoms with Crippen LogP contribution < -0.4 is 4.74 Å². The Labute approximate surface area is 176 Å². The number of rotatable bonds is 4. The summed E-state index contributed by atoms with van der Waals surface area (Å²) in [4.78, 5) is 12.0. The third-order valence-electron chi connectivity index (χ3n) is 4.59. The van der Waals surface area contributed by atoms with Crippen molar-refractivity contribution in [2.24, 2.45) is 0 Å². The van der Waals surface area contributed by atoms with E-state index >= 15 is 0 Å². The molecule has 2 aromatic heterocycles. The van der Waals surface area contributed by atoms with Crippen LogP contribution >= 0.6 is 0 Å².